The van der Waals surface area contributed by atoms with Gasteiger partial charge in [0.2, 0.25) is 0 Å². The van der Waals surface area contributed by atoms with Crippen LogP contribution in [0, 0.1) is 17.0 Å². The van der Waals surface area contributed by atoms with E-state index in [4.69, 9.17) is 0 Å². The highest BCUT2D eigenvalue weighted by molar-refractivity contribution is 5.78. The molecule has 2 aromatic rings. The van der Waals surface area contributed by atoms with Crippen LogP contribution in [0.15, 0.2) is 24.3 Å². The normalized spacial score (nSPS) is 27.8. The molecule has 1 aliphatic heterocycles. The number of halogens is 2. The lowest BCUT2D eigenvalue weighted by molar-refractivity contribution is 0.0502. The first-order valence-electron chi connectivity index (χ1n) is 9.26. The van der Waals surface area contributed by atoms with Gasteiger partial charge in [-0.2, -0.15) is 5.10 Å². The molecule has 0 spiro atoms. The number of hydrogen-bond donors (Lipinski definition) is 1. The summed E-state index contributed by atoms with van der Waals surface area (Å²) in [4.78, 5) is 14.4. The number of benzene rings is 1. The van der Waals surface area contributed by atoms with Crippen molar-refractivity contribution in [2.75, 3.05) is 13.1 Å². The Kier molecular flexibility index (Phi) is 3.22. The molecule has 2 amide bonds. The van der Waals surface area contributed by atoms with Gasteiger partial charge < -0.3 is 10.2 Å². The molecular formula is C20H20F2N4O. The maximum absolute atomic E-state index is 14.2. The van der Waals surface area contributed by atoms with Crippen LogP contribution in [0.4, 0.5) is 13.6 Å². The molecule has 7 heteroatoms. The Morgan fingerprint density at radius 3 is 2.63 bits per heavy atom. The molecule has 2 aliphatic carbocycles. The molecule has 1 aromatic carbocycles. The van der Waals surface area contributed by atoms with E-state index in [9.17, 15) is 13.6 Å². The van der Waals surface area contributed by atoms with E-state index >= 15 is 0 Å². The number of fused-ring (bicyclic) bond motifs is 5. The summed E-state index contributed by atoms with van der Waals surface area (Å²) in [5.41, 5.74) is 1.04. The zero-order valence-corrected chi connectivity index (χ0v) is 15.2. The summed E-state index contributed by atoms with van der Waals surface area (Å²) in [6.45, 7) is 5.55. The van der Waals surface area contributed by atoms with Gasteiger partial charge in [-0.15, -0.1) is 5.10 Å². The van der Waals surface area contributed by atoms with Gasteiger partial charge in [0.25, 0.3) is 0 Å². The Morgan fingerprint density at radius 2 is 1.96 bits per heavy atom. The summed E-state index contributed by atoms with van der Waals surface area (Å²) in [5.74, 6) is -1.13. The van der Waals surface area contributed by atoms with Crippen LogP contribution in [0.5, 0.6) is 0 Å². The number of nitrogens with one attached hydrogen (secondary N) is 1. The average Bonchev–Trinajstić information content (AvgIpc) is 3.22. The van der Waals surface area contributed by atoms with Crippen LogP contribution >= 0.6 is 0 Å². The summed E-state index contributed by atoms with van der Waals surface area (Å²) >= 11 is 0. The Labute approximate surface area is 155 Å². The smallest absolute Gasteiger partial charge is 0.318 e. The van der Waals surface area contributed by atoms with Crippen molar-refractivity contribution in [3.8, 4) is 11.3 Å². The van der Waals surface area contributed by atoms with Crippen molar-refractivity contribution in [1.82, 2.24) is 20.4 Å². The predicted octanol–water partition coefficient (Wildman–Crippen LogP) is 3.56. The second kappa shape index (κ2) is 5.24. The van der Waals surface area contributed by atoms with Crippen molar-refractivity contribution < 1.29 is 13.6 Å². The molecule has 3 aliphatic rings. The Bertz CT molecular complexity index is 956. The van der Waals surface area contributed by atoms with E-state index < -0.39 is 17.2 Å². The van der Waals surface area contributed by atoms with Gasteiger partial charge in [-0.3, -0.25) is 0 Å². The largest absolute Gasteiger partial charge is 0.336 e. The van der Waals surface area contributed by atoms with Crippen LogP contribution in [0.3, 0.4) is 0 Å². The molecule has 1 aromatic heterocycles. The van der Waals surface area contributed by atoms with Crippen LogP contribution in [0.1, 0.15) is 43.9 Å². The minimum atomic E-state index is -0.652. The highest BCUT2D eigenvalue weighted by Crippen LogP contribution is 2.68. The topological polar surface area (TPSA) is 58.1 Å². The maximum Gasteiger partial charge on any atom is 0.318 e. The lowest BCUT2D eigenvalue weighted by Crippen LogP contribution is -2.53. The number of carbonyl (C=O) groups excluding carboxylic acids is 1. The van der Waals surface area contributed by atoms with E-state index in [0.29, 0.717) is 13.1 Å². The van der Waals surface area contributed by atoms with Crippen LogP contribution in [0.25, 0.3) is 11.3 Å². The molecule has 2 atom stereocenters. The molecule has 1 saturated heterocycles. The van der Waals surface area contributed by atoms with E-state index in [0.717, 1.165) is 24.1 Å². The number of amides is 2. The molecule has 5 nitrogen and oxygen atoms in total. The number of nitrogens with zero attached hydrogens (tertiary/aromatic N) is 3. The van der Waals surface area contributed by atoms with E-state index in [1.807, 2.05) is 4.90 Å². The highest BCUT2D eigenvalue weighted by atomic mass is 19.1. The van der Waals surface area contributed by atoms with Crippen LogP contribution in [-0.4, -0.2) is 34.2 Å². The summed E-state index contributed by atoms with van der Waals surface area (Å²) in [6, 6.07) is 5.47. The Balaban J connectivity index is 1.70. The van der Waals surface area contributed by atoms with E-state index in [1.165, 1.54) is 18.2 Å². The van der Waals surface area contributed by atoms with Crippen LogP contribution < -0.4 is 5.32 Å². The van der Waals surface area contributed by atoms with E-state index in [-0.39, 0.29) is 28.6 Å². The Hall–Kier alpha value is -2.57. The summed E-state index contributed by atoms with van der Waals surface area (Å²) in [6.07, 6.45) is 1.74. The first-order valence-corrected chi connectivity index (χ1v) is 9.26. The monoisotopic (exact) mass is 370 g/mol. The number of rotatable bonds is 2. The second-order valence-corrected chi connectivity index (χ2v) is 8.19. The summed E-state index contributed by atoms with van der Waals surface area (Å²) in [7, 11) is 0. The van der Waals surface area contributed by atoms with Crippen molar-refractivity contribution in [3.63, 3.8) is 0 Å². The van der Waals surface area contributed by atoms with Gasteiger partial charge >= 0.3 is 6.03 Å². The average molecular weight is 370 g/mol. The van der Waals surface area contributed by atoms with Crippen LogP contribution in [-0.2, 0) is 5.54 Å². The SMILES string of the molecule is CC1(C)[C@H]2CC[C@]1(N1CCNC1=O)c1nnc(-c3c(F)cccc3F)cc12. The molecule has 5 rings (SSSR count). The van der Waals surface area contributed by atoms with E-state index in [1.54, 1.807) is 6.07 Å². The van der Waals surface area contributed by atoms with E-state index in [2.05, 4.69) is 29.4 Å². The third kappa shape index (κ3) is 1.89. The molecule has 2 fully saturated rings. The van der Waals surface area contributed by atoms with Crippen molar-refractivity contribution in [3.05, 3.63) is 47.2 Å². The number of aromatic nitrogens is 2. The van der Waals surface area contributed by atoms with Gasteiger partial charge in [0.15, 0.2) is 0 Å². The molecule has 2 heterocycles. The van der Waals surface area contributed by atoms with Crippen LogP contribution in [0.2, 0.25) is 0 Å². The lowest BCUT2D eigenvalue weighted by Gasteiger charge is -2.44. The fourth-order valence-corrected chi connectivity index (χ4v) is 5.60. The van der Waals surface area contributed by atoms with Gasteiger partial charge in [0.1, 0.15) is 11.6 Å². The fourth-order valence-electron chi connectivity index (χ4n) is 5.60. The molecule has 0 unspecified atom stereocenters. The molecule has 2 bridgehead atoms. The Morgan fingerprint density at radius 1 is 1.22 bits per heavy atom. The minimum Gasteiger partial charge on any atom is -0.336 e. The van der Waals surface area contributed by atoms with Crippen molar-refractivity contribution in [2.45, 2.75) is 38.1 Å². The van der Waals surface area contributed by atoms with Gasteiger partial charge in [0.05, 0.1) is 22.5 Å². The highest BCUT2D eigenvalue weighted by Gasteiger charge is 2.67. The third-order valence-electron chi connectivity index (χ3n) is 6.86. The predicted molar refractivity (Wildman–Crippen MR) is 94.9 cm³/mol. The third-order valence-corrected chi connectivity index (χ3v) is 6.86. The molecular weight excluding hydrogens is 350 g/mol. The van der Waals surface area contributed by atoms with Gasteiger partial charge in [0, 0.05) is 18.5 Å². The molecule has 1 N–H and O–H groups in total. The number of carbonyl (C=O) groups is 1. The number of hydrogen-bond acceptors (Lipinski definition) is 3. The standard InChI is InChI=1S/C20H20F2N4O/c1-19(2)12-6-7-20(19,26-9-8-23-18(26)27)17-11(12)10-15(24-25-17)16-13(21)4-3-5-14(16)22/h3-5,10,12H,6-9H2,1-2H3,(H,23,27)/t12-,20-/m0/s1. The van der Waals surface area contributed by atoms with Crippen molar-refractivity contribution >= 4 is 6.03 Å². The van der Waals surface area contributed by atoms with Crippen molar-refractivity contribution in [2.24, 2.45) is 5.41 Å². The summed E-state index contributed by atoms with van der Waals surface area (Å²) < 4.78 is 28.5. The zero-order valence-electron chi connectivity index (χ0n) is 15.2. The number of urea groups is 1. The minimum absolute atomic E-state index is 0.0809. The lowest BCUT2D eigenvalue weighted by atomic mass is 9.74. The molecule has 0 radical (unpaired) electrons. The van der Waals surface area contributed by atoms with Gasteiger partial charge in [-0.1, -0.05) is 19.9 Å². The first kappa shape index (κ1) is 16.6. The fraction of sp³-hybridized carbons (Fsp3) is 0.450. The first-order chi connectivity index (χ1) is 12.9. The zero-order chi connectivity index (χ0) is 19.0. The van der Waals surface area contributed by atoms with Crippen molar-refractivity contribution in [1.29, 1.82) is 0 Å². The molecule has 1 saturated carbocycles. The molecule has 140 valence electrons. The van der Waals surface area contributed by atoms with Gasteiger partial charge in [-0.05, 0) is 42.5 Å². The quantitative estimate of drug-likeness (QED) is 0.879. The summed E-state index contributed by atoms with van der Waals surface area (Å²) in [5, 5.41) is 11.5. The maximum atomic E-state index is 14.2. The van der Waals surface area contributed by atoms with Gasteiger partial charge in [-0.25, -0.2) is 13.6 Å². The second-order valence-electron chi connectivity index (χ2n) is 8.19. The molecule has 27 heavy (non-hydrogen) atoms.